The third kappa shape index (κ3) is 2.42. The first kappa shape index (κ1) is 9.98. The Morgan fingerprint density at radius 1 is 1.77 bits per heavy atom. The Kier molecular flexibility index (Phi) is 3.25. The van der Waals surface area contributed by atoms with E-state index in [1.807, 2.05) is 6.92 Å². The van der Waals surface area contributed by atoms with Crippen LogP contribution in [0, 0.1) is 0 Å². The van der Waals surface area contributed by atoms with Crippen LogP contribution in [0.5, 0.6) is 0 Å². The molecule has 5 heteroatoms. The number of nitrogens with zero attached hydrogens (tertiary/aromatic N) is 1. The molecule has 74 valence electrons. The summed E-state index contributed by atoms with van der Waals surface area (Å²) in [7, 11) is 0. The van der Waals surface area contributed by atoms with E-state index in [1.165, 1.54) is 4.90 Å². The van der Waals surface area contributed by atoms with Crippen LogP contribution in [-0.2, 0) is 9.59 Å². The molecule has 0 bridgehead atoms. The minimum atomic E-state index is -0.467. The zero-order chi connectivity index (χ0) is 9.84. The molecule has 0 aromatic carbocycles. The van der Waals surface area contributed by atoms with Crippen LogP contribution < -0.4 is 11.1 Å². The van der Waals surface area contributed by atoms with Crippen LogP contribution >= 0.6 is 0 Å². The molecule has 1 aliphatic rings. The Morgan fingerprint density at radius 3 is 3.00 bits per heavy atom. The van der Waals surface area contributed by atoms with Crippen LogP contribution in [-0.4, -0.2) is 42.4 Å². The van der Waals surface area contributed by atoms with E-state index in [2.05, 4.69) is 5.32 Å². The Labute approximate surface area is 77.3 Å². The maximum atomic E-state index is 11.5. The average molecular weight is 185 g/mol. The highest BCUT2D eigenvalue weighted by Crippen LogP contribution is 1.99. The number of piperazine rings is 1. The summed E-state index contributed by atoms with van der Waals surface area (Å²) in [6, 6.07) is -0.467. The second-order valence-corrected chi connectivity index (χ2v) is 3.12. The molecule has 2 amide bonds. The molecule has 1 heterocycles. The van der Waals surface area contributed by atoms with Gasteiger partial charge in [0.25, 0.3) is 0 Å². The lowest BCUT2D eigenvalue weighted by Gasteiger charge is -2.28. The smallest absolute Gasteiger partial charge is 0.240 e. The first-order valence-corrected chi connectivity index (χ1v) is 4.46. The summed E-state index contributed by atoms with van der Waals surface area (Å²) in [5.41, 5.74) is 5.57. The van der Waals surface area contributed by atoms with Crippen molar-refractivity contribution in [3.63, 3.8) is 0 Å². The van der Waals surface area contributed by atoms with Gasteiger partial charge in [-0.05, 0) is 6.42 Å². The highest BCUT2D eigenvalue weighted by molar-refractivity contribution is 5.88. The molecule has 0 saturated carbocycles. The fourth-order valence-electron chi connectivity index (χ4n) is 1.24. The van der Waals surface area contributed by atoms with Gasteiger partial charge in [0.2, 0.25) is 11.8 Å². The number of carbonyl (C=O) groups excluding carboxylic acids is 2. The molecule has 1 aliphatic heterocycles. The zero-order valence-corrected chi connectivity index (χ0v) is 7.75. The first-order valence-electron chi connectivity index (χ1n) is 4.46. The van der Waals surface area contributed by atoms with Crippen LogP contribution in [0.2, 0.25) is 0 Å². The van der Waals surface area contributed by atoms with Crippen LogP contribution in [0.4, 0.5) is 0 Å². The first-order chi connectivity index (χ1) is 6.15. The van der Waals surface area contributed by atoms with Gasteiger partial charge in [0, 0.05) is 13.1 Å². The van der Waals surface area contributed by atoms with Gasteiger partial charge in [-0.15, -0.1) is 0 Å². The summed E-state index contributed by atoms with van der Waals surface area (Å²) in [5.74, 6) is -0.236. The van der Waals surface area contributed by atoms with Crippen LogP contribution in [0.25, 0.3) is 0 Å². The van der Waals surface area contributed by atoms with Gasteiger partial charge in [0.05, 0.1) is 12.6 Å². The summed E-state index contributed by atoms with van der Waals surface area (Å²) >= 11 is 0. The number of hydrogen-bond acceptors (Lipinski definition) is 3. The second-order valence-electron chi connectivity index (χ2n) is 3.12. The van der Waals surface area contributed by atoms with Crippen molar-refractivity contribution >= 4 is 11.8 Å². The van der Waals surface area contributed by atoms with Gasteiger partial charge in [-0.1, -0.05) is 6.92 Å². The van der Waals surface area contributed by atoms with Crippen molar-refractivity contribution < 1.29 is 9.59 Å². The molecule has 1 rings (SSSR count). The van der Waals surface area contributed by atoms with Gasteiger partial charge in [0.1, 0.15) is 0 Å². The van der Waals surface area contributed by atoms with Gasteiger partial charge in [0.15, 0.2) is 0 Å². The number of amides is 2. The number of nitrogens with two attached hydrogens (primary N) is 1. The molecule has 0 radical (unpaired) electrons. The van der Waals surface area contributed by atoms with E-state index in [0.717, 1.165) is 0 Å². The van der Waals surface area contributed by atoms with Gasteiger partial charge in [-0.25, -0.2) is 0 Å². The van der Waals surface area contributed by atoms with Crippen molar-refractivity contribution in [1.82, 2.24) is 10.2 Å². The maximum Gasteiger partial charge on any atom is 0.240 e. The third-order valence-corrected chi connectivity index (χ3v) is 2.11. The Morgan fingerprint density at radius 2 is 2.46 bits per heavy atom. The topological polar surface area (TPSA) is 75.4 Å². The fourth-order valence-corrected chi connectivity index (χ4v) is 1.24. The molecule has 5 nitrogen and oxygen atoms in total. The molecule has 1 fully saturated rings. The Bertz CT molecular complexity index is 217. The fraction of sp³-hybridized carbons (Fsp3) is 0.750. The lowest BCUT2D eigenvalue weighted by atomic mass is 10.2. The average Bonchev–Trinajstić information content (AvgIpc) is 2.15. The standard InChI is InChI=1S/C8H15N3O2/c1-2-6(9)8(13)11-4-3-10-7(12)5-11/h6H,2-5,9H2,1H3,(H,10,12)/t6-/m0/s1. The van der Waals surface area contributed by atoms with E-state index in [9.17, 15) is 9.59 Å². The summed E-state index contributed by atoms with van der Waals surface area (Å²) in [6.07, 6.45) is 0.608. The molecule has 1 atom stereocenters. The van der Waals surface area contributed by atoms with Gasteiger partial charge in [-0.3, -0.25) is 9.59 Å². The lowest BCUT2D eigenvalue weighted by molar-refractivity contribution is -0.139. The van der Waals surface area contributed by atoms with Gasteiger partial charge >= 0.3 is 0 Å². The summed E-state index contributed by atoms with van der Waals surface area (Å²) in [6.45, 7) is 3.10. The molecular formula is C8H15N3O2. The SMILES string of the molecule is CC[C@H](N)C(=O)N1CCNC(=O)C1. The van der Waals surface area contributed by atoms with E-state index in [1.54, 1.807) is 0 Å². The minimum Gasteiger partial charge on any atom is -0.353 e. The van der Waals surface area contributed by atoms with Crippen molar-refractivity contribution in [3.8, 4) is 0 Å². The monoisotopic (exact) mass is 185 g/mol. The van der Waals surface area contributed by atoms with Crippen molar-refractivity contribution in [2.45, 2.75) is 19.4 Å². The lowest BCUT2D eigenvalue weighted by Crippen LogP contribution is -2.54. The molecule has 0 aromatic heterocycles. The molecule has 0 aliphatic carbocycles. The largest absolute Gasteiger partial charge is 0.353 e. The summed E-state index contributed by atoms with van der Waals surface area (Å²) in [4.78, 5) is 23.9. The Balaban J connectivity index is 2.50. The molecule has 3 N–H and O–H groups in total. The molecule has 1 saturated heterocycles. The van der Waals surface area contributed by atoms with E-state index >= 15 is 0 Å². The predicted molar refractivity (Wildman–Crippen MR) is 47.9 cm³/mol. The second kappa shape index (κ2) is 4.23. The van der Waals surface area contributed by atoms with Crippen molar-refractivity contribution in [2.75, 3.05) is 19.6 Å². The van der Waals surface area contributed by atoms with Crippen molar-refractivity contribution in [2.24, 2.45) is 5.73 Å². The van der Waals surface area contributed by atoms with Crippen molar-refractivity contribution in [1.29, 1.82) is 0 Å². The minimum absolute atomic E-state index is 0.108. The van der Waals surface area contributed by atoms with Crippen LogP contribution in [0.1, 0.15) is 13.3 Å². The highest BCUT2D eigenvalue weighted by Gasteiger charge is 2.24. The molecule has 13 heavy (non-hydrogen) atoms. The highest BCUT2D eigenvalue weighted by atomic mass is 16.2. The molecule has 0 spiro atoms. The van der Waals surface area contributed by atoms with E-state index < -0.39 is 6.04 Å². The zero-order valence-electron chi connectivity index (χ0n) is 7.75. The normalized spacial score (nSPS) is 19.5. The quantitative estimate of drug-likeness (QED) is 0.560. The van der Waals surface area contributed by atoms with Crippen LogP contribution in [0.3, 0.4) is 0 Å². The van der Waals surface area contributed by atoms with Gasteiger partial charge < -0.3 is 16.0 Å². The Hall–Kier alpha value is -1.10. The summed E-state index contributed by atoms with van der Waals surface area (Å²) < 4.78 is 0. The van der Waals surface area contributed by atoms with Gasteiger partial charge in [-0.2, -0.15) is 0 Å². The van der Waals surface area contributed by atoms with E-state index in [0.29, 0.717) is 19.5 Å². The van der Waals surface area contributed by atoms with E-state index in [-0.39, 0.29) is 18.4 Å². The van der Waals surface area contributed by atoms with Crippen LogP contribution in [0.15, 0.2) is 0 Å². The van der Waals surface area contributed by atoms with E-state index in [4.69, 9.17) is 5.73 Å². The number of carbonyl (C=O) groups is 2. The molecular weight excluding hydrogens is 170 g/mol. The number of rotatable bonds is 2. The number of hydrogen-bond donors (Lipinski definition) is 2. The van der Waals surface area contributed by atoms with Crippen molar-refractivity contribution in [3.05, 3.63) is 0 Å². The predicted octanol–water partition coefficient (Wildman–Crippen LogP) is -1.32. The molecule has 0 unspecified atom stereocenters. The maximum absolute atomic E-state index is 11.5. The third-order valence-electron chi connectivity index (χ3n) is 2.11. The molecule has 0 aromatic rings. The number of nitrogens with one attached hydrogen (secondary N) is 1. The summed E-state index contributed by atoms with van der Waals surface area (Å²) in [5, 5.41) is 2.65.